The number of nitrogens with two attached hydrogens (primary N) is 1. The Balaban J connectivity index is 2.14. The largest absolute Gasteiger partial charge is 0.496 e. The van der Waals surface area contributed by atoms with Gasteiger partial charge in [-0.25, -0.2) is 0 Å². The normalized spacial score (nSPS) is 20.9. The van der Waals surface area contributed by atoms with Crippen molar-refractivity contribution in [1.82, 2.24) is 4.90 Å². The van der Waals surface area contributed by atoms with Gasteiger partial charge in [0.05, 0.1) is 20.3 Å². The van der Waals surface area contributed by atoms with E-state index in [1.54, 1.807) is 7.11 Å². The average Bonchev–Trinajstić information content (AvgIpc) is 2.40. The first kappa shape index (κ1) is 13.8. The van der Waals surface area contributed by atoms with Gasteiger partial charge in [-0.1, -0.05) is 15.9 Å². The highest BCUT2D eigenvalue weighted by atomic mass is 79.9. The molecule has 1 aromatic rings. The van der Waals surface area contributed by atoms with E-state index in [-0.39, 0.29) is 0 Å². The summed E-state index contributed by atoms with van der Waals surface area (Å²) < 4.78 is 11.9. The lowest BCUT2D eigenvalue weighted by Gasteiger charge is -2.35. The van der Waals surface area contributed by atoms with Crippen molar-refractivity contribution in [2.24, 2.45) is 5.73 Å². The number of nitrogens with zero attached hydrogens (tertiary/aromatic N) is 1. The van der Waals surface area contributed by atoms with E-state index in [0.717, 1.165) is 29.9 Å². The molecule has 2 rings (SSSR count). The molecule has 0 spiro atoms. The van der Waals surface area contributed by atoms with Crippen molar-refractivity contribution in [3.05, 3.63) is 28.2 Å². The summed E-state index contributed by atoms with van der Waals surface area (Å²) in [5.41, 5.74) is 6.96. The smallest absolute Gasteiger partial charge is 0.123 e. The number of halogens is 1. The topological polar surface area (TPSA) is 47.7 Å². The zero-order valence-corrected chi connectivity index (χ0v) is 12.1. The van der Waals surface area contributed by atoms with Gasteiger partial charge in [0.2, 0.25) is 0 Å². The molecule has 1 aromatic carbocycles. The number of hydrogen-bond acceptors (Lipinski definition) is 4. The second-order valence-corrected chi connectivity index (χ2v) is 5.31. The zero-order valence-electron chi connectivity index (χ0n) is 10.6. The highest BCUT2D eigenvalue weighted by Crippen LogP contribution is 2.25. The van der Waals surface area contributed by atoms with Crippen molar-refractivity contribution in [1.29, 1.82) is 0 Å². The van der Waals surface area contributed by atoms with Crippen LogP contribution < -0.4 is 10.5 Å². The maximum Gasteiger partial charge on any atom is 0.123 e. The molecular weight excluding hydrogens is 296 g/mol. The van der Waals surface area contributed by atoms with Gasteiger partial charge in [0.1, 0.15) is 5.75 Å². The average molecular weight is 315 g/mol. The van der Waals surface area contributed by atoms with Crippen molar-refractivity contribution in [3.8, 4) is 5.75 Å². The Morgan fingerprint density at radius 1 is 1.56 bits per heavy atom. The molecule has 1 fully saturated rings. The molecule has 1 unspecified atom stereocenters. The maximum atomic E-state index is 5.79. The van der Waals surface area contributed by atoms with Gasteiger partial charge in [-0.05, 0) is 18.2 Å². The number of hydrogen-bond donors (Lipinski definition) is 1. The fourth-order valence-corrected chi connectivity index (χ4v) is 2.61. The minimum absolute atomic E-state index is 0.294. The lowest BCUT2D eigenvalue weighted by Crippen LogP contribution is -2.48. The van der Waals surface area contributed by atoms with Crippen LogP contribution in [0.25, 0.3) is 0 Å². The molecule has 1 saturated heterocycles. The fourth-order valence-electron chi connectivity index (χ4n) is 2.20. The fraction of sp³-hybridized carbons (Fsp3) is 0.538. The summed E-state index contributed by atoms with van der Waals surface area (Å²) in [6, 6.07) is 6.36. The van der Waals surface area contributed by atoms with Gasteiger partial charge in [-0.3, -0.25) is 4.90 Å². The Labute approximate surface area is 116 Å². The minimum Gasteiger partial charge on any atom is -0.496 e. The molecule has 0 saturated carbocycles. The number of morpholine rings is 1. The first-order chi connectivity index (χ1) is 8.74. The molecule has 0 aromatic heterocycles. The van der Waals surface area contributed by atoms with Crippen LogP contribution in [-0.2, 0) is 11.3 Å². The predicted molar refractivity (Wildman–Crippen MR) is 74.8 cm³/mol. The molecule has 1 aliphatic rings. The Morgan fingerprint density at radius 2 is 2.39 bits per heavy atom. The van der Waals surface area contributed by atoms with Crippen molar-refractivity contribution in [2.75, 3.05) is 33.4 Å². The molecule has 0 radical (unpaired) electrons. The van der Waals surface area contributed by atoms with E-state index >= 15 is 0 Å². The quantitative estimate of drug-likeness (QED) is 0.917. The van der Waals surface area contributed by atoms with Crippen LogP contribution in [0.5, 0.6) is 5.75 Å². The van der Waals surface area contributed by atoms with Gasteiger partial charge in [-0.15, -0.1) is 0 Å². The summed E-state index contributed by atoms with van der Waals surface area (Å²) in [5.74, 6) is 0.917. The SMILES string of the molecule is COc1ccc(Br)cc1CN1CCOCC1CN. The molecule has 4 nitrogen and oxygen atoms in total. The maximum absolute atomic E-state index is 5.79. The first-order valence-corrected chi connectivity index (χ1v) is 6.88. The third-order valence-corrected chi connectivity index (χ3v) is 3.73. The summed E-state index contributed by atoms with van der Waals surface area (Å²) in [5, 5.41) is 0. The Morgan fingerprint density at radius 3 is 3.11 bits per heavy atom. The van der Waals surface area contributed by atoms with Crippen LogP contribution in [-0.4, -0.2) is 44.4 Å². The Kier molecular flexibility index (Phi) is 5.00. The molecule has 5 heteroatoms. The summed E-state index contributed by atoms with van der Waals surface area (Å²) >= 11 is 3.50. The van der Waals surface area contributed by atoms with Crippen LogP contribution in [0.2, 0.25) is 0 Å². The molecule has 1 aliphatic heterocycles. The third-order valence-electron chi connectivity index (χ3n) is 3.24. The van der Waals surface area contributed by atoms with Crippen LogP contribution in [0.4, 0.5) is 0 Å². The van der Waals surface area contributed by atoms with Gasteiger partial charge < -0.3 is 15.2 Å². The van der Waals surface area contributed by atoms with E-state index in [4.69, 9.17) is 15.2 Å². The van der Waals surface area contributed by atoms with Crippen LogP contribution in [0.15, 0.2) is 22.7 Å². The monoisotopic (exact) mass is 314 g/mol. The van der Waals surface area contributed by atoms with Gasteiger partial charge in [0.25, 0.3) is 0 Å². The second kappa shape index (κ2) is 6.52. The first-order valence-electron chi connectivity index (χ1n) is 6.09. The number of methoxy groups -OCH3 is 1. The van der Waals surface area contributed by atoms with Crippen molar-refractivity contribution < 1.29 is 9.47 Å². The van der Waals surface area contributed by atoms with Crippen molar-refractivity contribution >= 4 is 15.9 Å². The van der Waals surface area contributed by atoms with E-state index in [1.165, 1.54) is 5.56 Å². The number of ether oxygens (including phenoxy) is 2. The molecule has 100 valence electrons. The third kappa shape index (κ3) is 3.23. The highest BCUT2D eigenvalue weighted by molar-refractivity contribution is 9.10. The van der Waals surface area contributed by atoms with Crippen LogP contribution in [0.1, 0.15) is 5.56 Å². The van der Waals surface area contributed by atoms with Crippen molar-refractivity contribution in [2.45, 2.75) is 12.6 Å². The van der Waals surface area contributed by atoms with Crippen LogP contribution in [0, 0.1) is 0 Å². The minimum atomic E-state index is 0.294. The molecule has 0 aliphatic carbocycles. The standard InChI is InChI=1S/C13H19BrN2O2/c1-17-13-3-2-11(14)6-10(13)8-16-4-5-18-9-12(16)7-15/h2-3,6,12H,4-5,7-9,15H2,1H3. The lowest BCUT2D eigenvalue weighted by molar-refractivity contribution is -0.00820. The lowest BCUT2D eigenvalue weighted by atomic mass is 10.1. The molecular formula is C13H19BrN2O2. The van der Waals surface area contributed by atoms with E-state index in [0.29, 0.717) is 19.2 Å². The highest BCUT2D eigenvalue weighted by Gasteiger charge is 2.22. The Hall–Kier alpha value is -0.620. The second-order valence-electron chi connectivity index (χ2n) is 4.39. The zero-order chi connectivity index (χ0) is 13.0. The molecule has 1 atom stereocenters. The van der Waals surface area contributed by atoms with Crippen LogP contribution >= 0.6 is 15.9 Å². The van der Waals surface area contributed by atoms with E-state index in [1.807, 2.05) is 12.1 Å². The van der Waals surface area contributed by atoms with Crippen LogP contribution in [0.3, 0.4) is 0 Å². The van der Waals surface area contributed by atoms with Gasteiger partial charge >= 0.3 is 0 Å². The van der Waals surface area contributed by atoms with E-state index < -0.39 is 0 Å². The summed E-state index contributed by atoms with van der Waals surface area (Å²) in [7, 11) is 1.70. The number of benzene rings is 1. The summed E-state index contributed by atoms with van der Waals surface area (Å²) in [6.45, 7) is 3.86. The molecule has 18 heavy (non-hydrogen) atoms. The molecule has 2 N–H and O–H groups in total. The van der Waals surface area contributed by atoms with E-state index in [2.05, 4.69) is 26.9 Å². The summed E-state index contributed by atoms with van der Waals surface area (Å²) in [6.07, 6.45) is 0. The molecule has 1 heterocycles. The van der Waals surface area contributed by atoms with E-state index in [9.17, 15) is 0 Å². The number of rotatable bonds is 4. The van der Waals surface area contributed by atoms with Crippen molar-refractivity contribution in [3.63, 3.8) is 0 Å². The Bertz CT molecular complexity index is 401. The summed E-state index contributed by atoms with van der Waals surface area (Å²) in [4.78, 5) is 2.35. The van der Waals surface area contributed by atoms with Gasteiger partial charge in [0.15, 0.2) is 0 Å². The van der Waals surface area contributed by atoms with Gasteiger partial charge in [0, 0.05) is 35.7 Å². The van der Waals surface area contributed by atoms with Gasteiger partial charge in [-0.2, -0.15) is 0 Å². The predicted octanol–water partition coefficient (Wildman–Crippen LogP) is 1.62. The molecule has 0 bridgehead atoms. The molecule has 0 amide bonds.